The lowest BCUT2D eigenvalue weighted by Gasteiger charge is -2.15. The van der Waals surface area contributed by atoms with Gasteiger partial charge in [-0.25, -0.2) is 4.79 Å². The molecule has 1 aliphatic heterocycles. The minimum atomic E-state index is -0.669. The van der Waals surface area contributed by atoms with Crippen LogP contribution >= 0.6 is 0 Å². The standard InChI is InChI=1S/C16H21N3O3/c1-4-22-16(21)12(3)17-15(20)13-5-7-14(8-6-13)19-10-9-11(2)18-19/h5-8,12H,4,9-10H2,1-3H3,(H,17,20)/t12-/m1/s1. The number of hydrogen-bond donors (Lipinski definition) is 1. The van der Waals surface area contributed by atoms with E-state index in [-0.39, 0.29) is 5.91 Å². The van der Waals surface area contributed by atoms with E-state index in [4.69, 9.17) is 4.74 Å². The van der Waals surface area contributed by atoms with Gasteiger partial charge < -0.3 is 10.1 Å². The van der Waals surface area contributed by atoms with Crippen molar-refractivity contribution in [1.29, 1.82) is 0 Å². The van der Waals surface area contributed by atoms with E-state index in [1.807, 2.05) is 24.1 Å². The molecule has 1 aromatic rings. The van der Waals surface area contributed by atoms with Gasteiger partial charge in [0.15, 0.2) is 0 Å². The molecule has 1 aromatic carbocycles. The number of benzene rings is 1. The zero-order chi connectivity index (χ0) is 16.1. The summed E-state index contributed by atoms with van der Waals surface area (Å²) in [6.45, 7) is 6.49. The van der Waals surface area contributed by atoms with Crippen LogP contribution in [0.15, 0.2) is 29.4 Å². The van der Waals surface area contributed by atoms with E-state index in [2.05, 4.69) is 10.4 Å². The third kappa shape index (κ3) is 3.84. The zero-order valence-electron chi connectivity index (χ0n) is 13.1. The molecule has 2 rings (SSSR count). The van der Waals surface area contributed by atoms with Gasteiger partial charge >= 0.3 is 5.97 Å². The Morgan fingerprint density at radius 3 is 2.59 bits per heavy atom. The highest BCUT2D eigenvalue weighted by Crippen LogP contribution is 2.19. The highest BCUT2D eigenvalue weighted by atomic mass is 16.5. The summed E-state index contributed by atoms with van der Waals surface area (Å²) < 4.78 is 4.86. The molecule has 0 fully saturated rings. The summed E-state index contributed by atoms with van der Waals surface area (Å²) in [5.41, 5.74) is 2.55. The second-order valence-electron chi connectivity index (χ2n) is 5.20. The lowest BCUT2D eigenvalue weighted by atomic mass is 10.1. The maximum atomic E-state index is 12.1. The van der Waals surface area contributed by atoms with E-state index in [0.717, 1.165) is 24.4 Å². The average Bonchev–Trinajstić information content (AvgIpc) is 2.94. The molecule has 22 heavy (non-hydrogen) atoms. The van der Waals surface area contributed by atoms with Crippen LogP contribution in [0, 0.1) is 0 Å². The summed E-state index contributed by atoms with van der Waals surface area (Å²) in [4.78, 5) is 23.6. The van der Waals surface area contributed by atoms with E-state index in [1.54, 1.807) is 26.0 Å². The van der Waals surface area contributed by atoms with Crippen molar-refractivity contribution in [2.75, 3.05) is 18.2 Å². The van der Waals surface area contributed by atoms with E-state index in [1.165, 1.54) is 0 Å². The summed E-state index contributed by atoms with van der Waals surface area (Å²) in [5.74, 6) is -0.734. The van der Waals surface area contributed by atoms with E-state index < -0.39 is 12.0 Å². The molecule has 1 atom stereocenters. The summed E-state index contributed by atoms with van der Waals surface area (Å²) in [6, 6.07) is 6.49. The van der Waals surface area contributed by atoms with Gasteiger partial charge in [0, 0.05) is 24.2 Å². The molecular formula is C16H21N3O3. The Kier molecular flexibility index (Phi) is 5.14. The number of esters is 1. The molecule has 118 valence electrons. The van der Waals surface area contributed by atoms with Gasteiger partial charge in [-0.3, -0.25) is 9.80 Å². The Hall–Kier alpha value is -2.37. The van der Waals surface area contributed by atoms with Crippen molar-refractivity contribution in [3.05, 3.63) is 29.8 Å². The number of hydrogen-bond acceptors (Lipinski definition) is 5. The molecule has 0 saturated heterocycles. The molecule has 1 heterocycles. The summed E-state index contributed by atoms with van der Waals surface area (Å²) >= 11 is 0. The van der Waals surface area contributed by atoms with Gasteiger partial charge in [0.2, 0.25) is 0 Å². The zero-order valence-corrected chi connectivity index (χ0v) is 13.1. The largest absolute Gasteiger partial charge is 0.464 e. The van der Waals surface area contributed by atoms with Crippen LogP contribution in [-0.4, -0.2) is 36.8 Å². The number of anilines is 1. The number of nitrogens with one attached hydrogen (secondary N) is 1. The van der Waals surface area contributed by atoms with Gasteiger partial charge in [0.05, 0.1) is 12.3 Å². The van der Waals surface area contributed by atoms with Gasteiger partial charge in [-0.05, 0) is 45.0 Å². The van der Waals surface area contributed by atoms with Crippen molar-refractivity contribution in [2.45, 2.75) is 33.2 Å². The highest BCUT2D eigenvalue weighted by Gasteiger charge is 2.18. The minimum absolute atomic E-state index is 0.295. The lowest BCUT2D eigenvalue weighted by molar-refractivity contribution is -0.144. The number of nitrogens with zero attached hydrogens (tertiary/aromatic N) is 2. The smallest absolute Gasteiger partial charge is 0.328 e. The van der Waals surface area contributed by atoms with Crippen LogP contribution in [0.2, 0.25) is 0 Å². The topological polar surface area (TPSA) is 71.0 Å². The number of rotatable bonds is 5. The Labute approximate surface area is 130 Å². The number of ether oxygens (including phenoxy) is 1. The second kappa shape index (κ2) is 7.06. The molecule has 0 saturated carbocycles. The number of carbonyl (C=O) groups is 2. The molecule has 1 N–H and O–H groups in total. The van der Waals surface area contributed by atoms with Gasteiger partial charge in [0.25, 0.3) is 5.91 Å². The molecule has 0 bridgehead atoms. The van der Waals surface area contributed by atoms with Crippen molar-refractivity contribution in [2.24, 2.45) is 5.10 Å². The van der Waals surface area contributed by atoms with Gasteiger partial charge in [-0.1, -0.05) is 0 Å². The Morgan fingerprint density at radius 1 is 1.36 bits per heavy atom. The van der Waals surface area contributed by atoms with Crippen LogP contribution in [0.3, 0.4) is 0 Å². The molecule has 1 aliphatic rings. The normalized spacial score (nSPS) is 15.2. The highest BCUT2D eigenvalue weighted by molar-refractivity contribution is 5.97. The van der Waals surface area contributed by atoms with Crippen molar-refractivity contribution in [3.8, 4) is 0 Å². The van der Waals surface area contributed by atoms with Crippen molar-refractivity contribution in [3.63, 3.8) is 0 Å². The molecule has 0 aliphatic carbocycles. The van der Waals surface area contributed by atoms with Gasteiger partial charge in [-0.15, -0.1) is 0 Å². The van der Waals surface area contributed by atoms with Crippen LogP contribution in [0.5, 0.6) is 0 Å². The summed E-state index contributed by atoms with van der Waals surface area (Å²) in [7, 11) is 0. The first-order chi connectivity index (χ1) is 10.5. The monoisotopic (exact) mass is 303 g/mol. The number of amides is 1. The Bertz CT molecular complexity index is 581. The predicted molar refractivity (Wildman–Crippen MR) is 85.1 cm³/mol. The van der Waals surface area contributed by atoms with Crippen LogP contribution in [0.4, 0.5) is 5.69 Å². The molecular weight excluding hydrogens is 282 g/mol. The maximum absolute atomic E-state index is 12.1. The minimum Gasteiger partial charge on any atom is -0.464 e. The van der Waals surface area contributed by atoms with Crippen molar-refractivity contribution >= 4 is 23.3 Å². The fourth-order valence-electron chi connectivity index (χ4n) is 2.15. The Morgan fingerprint density at radius 2 is 2.05 bits per heavy atom. The van der Waals surface area contributed by atoms with E-state index in [0.29, 0.717) is 12.2 Å². The third-order valence-corrected chi connectivity index (χ3v) is 3.39. The number of carbonyl (C=O) groups excluding carboxylic acids is 2. The van der Waals surface area contributed by atoms with E-state index >= 15 is 0 Å². The van der Waals surface area contributed by atoms with Gasteiger partial charge in [0.1, 0.15) is 6.04 Å². The summed E-state index contributed by atoms with van der Waals surface area (Å²) in [6.07, 6.45) is 0.958. The second-order valence-corrected chi connectivity index (χ2v) is 5.20. The molecule has 0 spiro atoms. The van der Waals surface area contributed by atoms with E-state index in [9.17, 15) is 9.59 Å². The lowest BCUT2D eigenvalue weighted by Crippen LogP contribution is -2.39. The molecule has 0 unspecified atom stereocenters. The quantitative estimate of drug-likeness (QED) is 0.844. The fraction of sp³-hybridized carbons (Fsp3) is 0.438. The molecule has 0 radical (unpaired) electrons. The Balaban J connectivity index is 1.98. The fourth-order valence-corrected chi connectivity index (χ4v) is 2.15. The van der Waals surface area contributed by atoms with Crippen LogP contribution < -0.4 is 10.3 Å². The van der Waals surface area contributed by atoms with Crippen LogP contribution in [0.25, 0.3) is 0 Å². The first kappa shape index (κ1) is 16.0. The predicted octanol–water partition coefficient (Wildman–Crippen LogP) is 1.95. The molecule has 0 aromatic heterocycles. The first-order valence-corrected chi connectivity index (χ1v) is 7.40. The molecule has 6 heteroatoms. The first-order valence-electron chi connectivity index (χ1n) is 7.40. The van der Waals surface area contributed by atoms with Crippen molar-refractivity contribution in [1.82, 2.24) is 5.32 Å². The summed E-state index contributed by atoms with van der Waals surface area (Å²) in [5, 5.41) is 8.95. The number of hydrazone groups is 1. The maximum Gasteiger partial charge on any atom is 0.328 e. The van der Waals surface area contributed by atoms with Crippen LogP contribution in [0.1, 0.15) is 37.6 Å². The SMILES string of the molecule is CCOC(=O)[C@@H](C)NC(=O)c1ccc(N2CCC(C)=N2)cc1. The molecule has 6 nitrogen and oxygen atoms in total. The van der Waals surface area contributed by atoms with Gasteiger partial charge in [-0.2, -0.15) is 5.10 Å². The average molecular weight is 303 g/mol. The van der Waals surface area contributed by atoms with Crippen LogP contribution in [-0.2, 0) is 9.53 Å². The third-order valence-electron chi connectivity index (χ3n) is 3.39. The van der Waals surface area contributed by atoms with Crippen molar-refractivity contribution < 1.29 is 14.3 Å². The molecule has 1 amide bonds.